The monoisotopic (exact) mass is 200 g/mol. The Balaban J connectivity index is 3.43. The largest absolute Gasteiger partial charge is 0.127 e. The highest BCUT2D eigenvalue weighted by Crippen LogP contribution is 2.15. The van der Waals surface area contributed by atoms with Gasteiger partial charge < -0.3 is 0 Å². The molecule has 0 radical (unpaired) electrons. The normalized spacial score (nSPS) is 12.8. The summed E-state index contributed by atoms with van der Waals surface area (Å²) in [5.74, 6) is 1.14. The van der Waals surface area contributed by atoms with Crippen molar-refractivity contribution in [1.82, 2.24) is 0 Å². The Labute approximate surface area is 77.1 Å². The number of alkyl halides is 1. The Morgan fingerprint density at radius 2 is 2.10 bits per heavy atom. The maximum Gasteiger partial charge on any atom is 0.103 e. The summed E-state index contributed by atoms with van der Waals surface area (Å²) in [6.45, 7) is 2.07. The van der Waals surface area contributed by atoms with Gasteiger partial charge in [0.25, 0.3) is 0 Å². The van der Waals surface area contributed by atoms with E-state index < -0.39 is 0 Å². The molecule has 0 saturated heterocycles. The Bertz CT molecular complexity index is 105. The lowest BCUT2D eigenvalue weighted by molar-refractivity contribution is 0.637. The third-order valence-electron chi connectivity index (χ3n) is 1.20. The van der Waals surface area contributed by atoms with Gasteiger partial charge >= 0.3 is 0 Å². The van der Waals surface area contributed by atoms with Crippen molar-refractivity contribution in [1.29, 1.82) is 0 Å². The van der Waals surface area contributed by atoms with Crippen LogP contribution in [0.2, 0.25) is 0 Å². The standard InChI is InChI=1S/C7H11Cl3/c1-6(3-2-4-8)5-7(9)10/h5-6H,2-4H2,1H3. The first-order chi connectivity index (χ1) is 4.66. The van der Waals surface area contributed by atoms with Crippen molar-refractivity contribution in [3.8, 4) is 0 Å². The number of hydrogen-bond donors (Lipinski definition) is 0. The van der Waals surface area contributed by atoms with Gasteiger partial charge in [-0.1, -0.05) is 36.2 Å². The first-order valence-electron chi connectivity index (χ1n) is 3.25. The molecule has 0 heterocycles. The molecule has 3 heteroatoms. The first-order valence-corrected chi connectivity index (χ1v) is 4.54. The van der Waals surface area contributed by atoms with Crippen LogP contribution in [0.4, 0.5) is 0 Å². The second kappa shape index (κ2) is 6.33. The Morgan fingerprint density at radius 3 is 2.50 bits per heavy atom. The van der Waals surface area contributed by atoms with Gasteiger partial charge in [-0.2, -0.15) is 0 Å². The summed E-state index contributed by atoms with van der Waals surface area (Å²) in [4.78, 5) is 0. The minimum atomic E-state index is 0.349. The molecule has 60 valence electrons. The number of rotatable bonds is 4. The van der Waals surface area contributed by atoms with Crippen LogP contribution in [-0.2, 0) is 0 Å². The van der Waals surface area contributed by atoms with E-state index in [1.165, 1.54) is 0 Å². The molecule has 0 N–H and O–H groups in total. The quantitative estimate of drug-likeness (QED) is 0.604. The molecule has 0 fully saturated rings. The predicted octanol–water partition coefficient (Wildman–Crippen LogP) is 3.96. The molecule has 0 rings (SSSR count). The molecular formula is C7H11Cl3. The third kappa shape index (κ3) is 6.73. The maximum atomic E-state index is 5.50. The van der Waals surface area contributed by atoms with E-state index in [2.05, 4.69) is 6.92 Å². The zero-order valence-electron chi connectivity index (χ0n) is 5.91. The van der Waals surface area contributed by atoms with Crippen LogP contribution in [0.3, 0.4) is 0 Å². The van der Waals surface area contributed by atoms with Crippen molar-refractivity contribution in [3.05, 3.63) is 10.6 Å². The molecule has 0 bridgehead atoms. The Morgan fingerprint density at radius 1 is 1.50 bits per heavy atom. The summed E-state index contributed by atoms with van der Waals surface area (Å²) < 4.78 is 0.349. The SMILES string of the molecule is CC(C=C(Cl)Cl)CCCCl. The molecule has 0 spiro atoms. The molecule has 10 heavy (non-hydrogen) atoms. The van der Waals surface area contributed by atoms with Crippen LogP contribution >= 0.6 is 34.8 Å². The van der Waals surface area contributed by atoms with E-state index in [1.807, 2.05) is 6.08 Å². The Kier molecular flexibility index (Phi) is 6.71. The van der Waals surface area contributed by atoms with Crippen molar-refractivity contribution >= 4 is 34.8 Å². The van der Waals surface area contributed by atoms with E-state index in [9.17, 15) is 0 Å². The fourth-order valence-corrected chi connectivity index (χ4v) is 1.28. The van der Waals surface area contributed by atoms with Crippen LogP contribution in [0.5, 0.6) is 0 Å². The van der Waals surface area contributed by atoms with E-state index in [4.69, 9.17) is 34.8 Å². The number of halogens is 3. The lowest BCUT2D eigenvalue weighted by Gasteiger charge is -2.02. The summed E-state index contributed by atoms with van der Waals surface area (Å²) in [7, 11) is 0. The van der Waals surface area contributed by atoms with Crippen molar-refractivity contribution in [3.63, 3.8) is 0 Å². The summed E-state index contributed by atoms with van der Waals surface area (Å²) in [5.41, 5.74) is 0. The molecule has 0 aliphatic carbocycles. The second-order valence-electron chi connectivity index (χ2n) is 2.26. The van der Waals surface area contributed by atoms with Gasteiger partial charge in [-0.3, -0.25) is 0 Å². The molecule has 0 saturated carbocycles. The van der Waals surface area contributed by atoms with Gasteiger partial charge in [0.05, 0.1) is 0 Å². The van der Waals surface area contributed by atoms with Crippen molar-refractivity contribution in [2.24, 2.45) is 5.92 Å². The van der Waals surface area contributed by atoms with Gasteiger partial charge in [-0.15, -0.1) is 11.6 Å². The van der Waals surface area contributed by atoms with Crippen LogP contribution < -0.4 is 0 Å². The molecule has 0 aliphatic heterocycles. The van der Waals surface area contributed by atoms with Gasteiger partial charge in [0.15, 0.2) is 0 Å². The smallest absolute Gasteiger partial charge is 0.103 e. The predicted molar refractivity (Wildman–Crippen MR) is 48.9 cm³/mol. The summed E-state index contributed by atoms with van der Waals surface area (Å²) in [6, 6.07) is 0. The van der Waals surface area contributed by atoms with Crippen LogP contribution in [0.15, 0.2) is 10.6 Å². The molecule has 0 nitrogen and oxygen atoms in total. The summed E-state index contributed by atoms with van der Waals surface area (Å²) in [6.07, 6.45) is 3.89. The van der Waals surface area contributed by atoms with Crippen molar-refractivity contribution < 1.29 is 0 Å². The van der Waals surface area contributed by atoms with Gasteiger partial charge in [0, 0.05) is 5.88 Å². The van der Waals surface area contributed by atoms with E-state index >= 15 is 0 Å². The van der Waals surface area contributed by atoms with E-state index in [1.54, 1.807) is 0 Å². The van der Waals surface area contributed by atoms with Gasteiger partial charge in [-0.05, 0) is 18.8 Å². The number of allylic oxidation sites excluding steroid dienone is 1. The van der Waals surface area contributed by atoms with Crippen LogP contribution in [0.1, 0.15) is 19.8 Å². The first kappa shape index (κ1) is 10.6. The van der Waals surface area contributed by atoms with Crippen molar-refractivity contribution in [2.45, 2.75) is 19.8 Å². The molecule has 0 aromatic heterocycles. The van der Waals surface area contributed by atoms with Crippen LogP contribution in [0, 0.1) is 5.92 Å². The van der Waals surface area contributed by atoms with Crippen molar-refractivity contribution in [2.75, 3.05) is 5.88 Å². The highest BCUT2D eigenvalue weighted by atomic mass is 35.5. The molecule has 1 unspecified atom stereocenters. The zero-order valence-corrected chi connectivity index (χ0v) is 8.18. The second-order valence-corrected chi connectivity index (χ2v) is 3.65. The lowest BCUT2D eigenvalue weighted by Crippen LogP contribution is -1.89. The fourth-order valence-electron chi connectivity index (χ4n) is 0.698. The fraction of sp³-hybridized carbons (Fsp3) is 0.714. The maximum absolute atomic E-state index is 5.50. The van der Waals surface area contributed by atoms with E-state index in [-0.39, 0.29) is 0 Å². The van der Waals surface area contributed by atoms with Gasteiger partial charge in [0.2, 0.25) is 0 Å². The van der Waals surface area contributed by atoms with Crippen LogP contribution in [-0.4, -0.2) is 5.88 Å². The van der Waals surface area contributed by atoms with Gasteiger partial charge in [-0.25, -0.2) is 0 Å². The summed E-state index contributed by atoms with van der Waals surface area (Å²) in [5, 5.41) is 0. The number of hydrogen-bond acceptors (Lipinski definition) is 0. The highest BCUT2D eigenvalue weighted by molar-refractivity contribution is 6.55. The summed E-state index contributed by atoms with van der Waals surface area (Å²) >= 11 is 16.4. The van der Waals surface area contributed by atoms with Crippen LogP contribution in [0.25, 0.3) is 0 Å². The minimum Gasteiger partial charge on any atom is -0.127 e. The highest BCUT2D eigenvalue weighted by Gasteiger charge is 1.97. The third-order valence-corrected chi connectivity index (χ3v) is 1.72. The lowest BCUT2D eigenvalue weighted by atomic mass is 10.1. The molecule has 1 atom stereocenters. The Hall–Kier alpha value is 0.610. The molecule has 0 aromatic rings. The van der Waals surface area contributed by atoms with E-state index in [0.29, 0.717) is 16.3 Å². The van der Waals surface area contributed by atoms with Gasteiger partial charge in [0.1, 0.15) is 4.49 Å². The molecule has 0 amide bonds. The topological polar surface area (TPSA) is 0 Å². The molecule has 0 aromatic carbocycles. The molecular weight excluding hydrogens is 190 g/mol. The molecule has 0 aliphatic rings. The van der Waals surface area contributed by atoms with E-state index in [0.717, 1.165) is 12.8 Å². The zero-order chi connectivity index (χ0) is 7.98. The average molecular weight is 202 g/mol. The average Bonchev–Trinajstić information content (AvgIpc) is 1.82. The minimum absolute atomic E-state index is 0.349.